The fraction of sp³-hybridized carbons (Fsp3) is 0.625. The van der Waals surface area contributed by atoms with Gasteiger partial charge in [-0.1, -0.05) is 6.07 Å². The summed E-state index contributed by atoms with van der Waals surface area (Å²) in [7, 11) is 5.52. The molecule has 1 N–H and O–H groups in total. The number of hydrogen-bond acceptors (Lipinski definition) is 5. The molecular weight excluding hydrogens is 266 g/mol. The Kier molecular flexibility index (Phi) is 6.14. The van der Waals surface area contributed by atoms with Crippen LogP contribution in [-0.2, 0) is 0 Å². The monoisotopic (exact) mass is 293 g/mol. The number of benzene rings is 1. The molecule has 1 aliphatic rings. The molecule has 0 saturated carbocycles. The summed E-state index contributed by atoms with van der Waals surface area (Å²) in [6, 6.07) is 5.91. The van der Waals surface area contributed by atoms with Crippen LogP contribution in [0.5, 0.6) is 11.5 Å². The fourth-order valence-electron chi connectivity index (χ4n) is 2.62. The van der Waals surface area contributed by atoms with Gasteiger partial charge in [0.1, 0.15) is 0 Å². The molecule has 1 fully saturated rings. The third-order valence-electron chi connectivity index (χ3n) is 3.97. The summed E-state index contributed by atoms with van der Waals surface area (Å²) in [5, 5.41) is 3.45. The third kappa shape index (κ3) is 4.51. The molecule has 5 heteroatoms. The average molecular weight is 293 g/mol. The predicted octanol–water partition coefficient (Wildman–Crippen LogP) is 1.75. The minimum absolute atomic E-state index is 0.765. The maximum atomic E-state index is 5.42. The van der Waals surface area contributed by atoms with E-state index in [0.717, 1.165) is 36.7 Å². The minimum atomic E-state index is 0.765. The van der Waals surface area contributed by atoms with Crippen LogP contribution >= 0.6 is 0 Å². The van der Waals surface area contributed by atoms with E-state index in [9.17, 15) is 0 Å². The normalized spacial score (nSPS) is 16.7. The predicted molar refractivity (Wildman–Crippen MR) is 86.6 cm³/mol. The Hall–Kier alpha value is -1.46. The molecule has 1 heterocycles. The fourth-order valence-corrected chi connectivity index (χ4v) is 2.62. The molecule has 2 rings (SSSR count). The molecule has 0 spiro atoms. The number of nitrogens with zero attached hydrogens (tertiary/aromatic N) is 2. The highest BCUT2D eigenvalue weighted by Gasteiger charge is 2.13. The number of hydrogen-bond donors (Lipinski definition) is 1. The molecule has 1 aliphatic heterocycles. The molecule has 21 heavy (non-hydrogen) atoms. The van der Waals surface area contributed by atoms with Gasteiger partial charge in [-0.25, -0.2) is 0 Å². The highest BCUT2D eigenvalue weighted by molar-refractivity contribution is 5.63. The molecule has 0 aromatic heterocycles. The summed E-state index contributed by atoms with van der Waals surface area (Å²) >= 11 is 0. The Morgan fingerprint density at radius 3 is 2.52 bits per heavy atom. The molecular formula is C16H27N3O2. The minimum Gasteiger partial charge on any atom is -0.493 e. The lowest BCUT2D eigenvalue weighted by atomic mass is 10.2. The lowest BCUT2D eigenvalue weighted by molar-refractivity contribution is 0.154. The third-order valence-corrected chi connectivity index (χ3v) is 3.97. The molecule has 0 bridgehead atoms. The molecule has 0 atom stereocenters. The van der Waals surface area contributed by atoms with Crippen LogP contribution in [0.25, 0.3) is 0 Å². The summed E-state index contributed by atoms with van der Waals surface area (Å²) < 4.78 is 10.7. The zero-order chi connectivity index (χ0) is 15.1. The van der Waals surface area contributed by atoms with Gasteiger partial charge in [-0.2, -0.15) is 0 Å². The Balaban J connectivity index is 1.76. The van der Waals surface area contributed by atoms with E-state index in [1.807, 2.05) is 18.2 Å². The first-order chi connectivity index (χ1) is 10.2. The summed E-state index contributed by atoms with van der Waals surface area (Å²) in [4.78, 5) is 4.92. The Labute approximate surface area is 127 Å². The second kappa shape index (κ2) is 8.10. The zero-order valence-electron chi connectivity index (χ0n) is 13.4. The maximum Gasteiger partial charge on any atom is 0.183 e. The van der Waals surface area contributed by atoms with Gasteiger partial charge in [-0.3, -0.25) is 0 Å². The second-order valence-corrected chi connectivity index (χ2v) is 5.47. The smallest absolute Gasteiger partial charge is 0.183 e. The number of methoxy groups -OCH3 is 2. The van der Waals surface area contributed by atoms with Crippen LogP contribution in [0.3, 0.4) is 0 Å². The Bertz CT molecular complexity index is 432. The highest BCUT2D eigenvalue weighted by Crippen LogP contribution is 2.34. The van der Waals surface area contributed by atoms with Crippen molar-refractivity contribution in [1.82, 2.24) is 9.80 Å². The number of anilines is 1. The first kappa shape index (κ1) is 15.9. The van der Waals surface area contributed by atoms with Crippen molar-refractivity contribution in [3.8, 4) is 11.5 Å². The lowest BCUT2D eigenvalue weighted by Gasteiger charge is -2.32. The van der Waals surface area contributed by atoms with Crippen molar-refractivity contribution in [3.05, 3.63) is 18.2 Å². The summed E-state index contributed by atoms with van der Waals surface area (Å²) in [6.07, 6.45) is 1.13. The maximum absolute atomic E-state index is 5.42. The number of para-hydroxylation sites is 1. The van der Waals surface area contributed by atoms with Crippen molar-refractivity contribution >= 4 is 5.69 Å². The first-order valence-corrected chi connectivity index (χ1v) is 7.60. The Morgan fingerprint density at radius 2 is 1.86 bits per heavy atom. The van der Waals surface area contributed by atoms with Gasteiger partial charge in [-0.05, 0) is 32.1 Å². The molecule has 1 saturated heterocycles. The van der Waals surface area contributed by atoms with Crippen LogP contribution in [0.4, 0.5) is 5.69 Å². The molecule has 1 aromatic rings. The SMILES string of the molecule is COc1cccc(NCCCN2CCN(C)CC2)c1OC. The van der Waals surface area contributed by atoms with E-state index in [1.54, 1.807) is 14.2 Å². The highest BCUT2D eigenvalue weighted by atomic mass is 16.5. The number of rotatable bonds is 7. The average Bonchev–Trinajstić information content (AvgIpc) is 2.52. The van der Waals surface area contributed by atoms with Gasteiger partial charge in [0.25, 0.3) is 0 Å². The molecule has 0 unspecified atom stereocenters. The van der Waals surface area contributed by atoms with Gasteiger partial charge >= 0.3 is 0 Å². The summed E-state index contributed by atoms with van der Waals surface area (Å²) in [6.45, 7) is 6.80. The van der Waals surface area contributed by atoms with Gasteiger partial charge < -0.3 is 24.6 Å². The van der Waals surface area contributed by atoms with Crippen LogP contribution in [0.15, 0.2) is 18.2 Å². The largest absolute Gasteiger partial charge is 0.493 e. The number of piperazine rings is 1. The van der Waals surface area contributed by atoms with Crippen molar-refractivity contribution in [1.29, 1.82) is 0 Å². The van der Waals surface area contributed by atoms with E-state index >= 15 is 0 Å². The van der Waals surface area contributed by atoms with E-state index in [1.165, 1.54) is 26.2 Å². The molecule has 5 nitrogen and oxygen atoms in total. The van der Waals surface area contributed by atoms with Crippen molar-refractivity contribution in [3.63, 3.8) is 0 Å². The van der Waals surface area contributed by atoms with E-state index < -0.39 is 0 Å². The molecule has 118 valence electrons. The van der Waals surface area contributed by atoms with Crippen LogP contribution < -0.4 is 14.8 Å². The van der Waals surface area contributed by atoms with Crippen LogP contribution in [0, 0.1) is 0 Å². The van der Waals surface area contributed by atoms with Crippen molar-refractivity contribution < 1.29 is 9.47 Å². The van der Waals surface area contributed by atoms with Crippen LogP contribution in [0.1, 0.15) is 6.42 Å². The van der Waals surface area contributed by atoms with Gasteiger partial charge in [0, 0.05) is 32.7 Å². The van der Waals surface area contributed by atoms with E-state index in [4.69, 9.17) is 9.47 Å². The van der Waals surface area contributed by atoms with Gasteiger partial charge in [-0.15, -0.1) is 0 Å². The van der Waals surface area contributed by atoms with E-state index in [2.05, 4.69) is 22.2 Å². The van der Waals surface area contributed by atoms with Gasteiger partial charge in [0.15, 0.2) is 11.5 Å². The van der Waals surface area contributed by atoms with Gasteiger partial charge in [0.05, 0.1) is 19.9 Å². The molecule has 0 aliphatic carbocycles. The lowest BCUT2D eigenvalue weighted by Crippen LogP contribution is -2.44. The Morgan fingerprint density at radius 1 is 1.10 bits per heavy atom. The first-order valence-electron chi connectivity index (χ1n) is 7.60. The van der Waals surface area contributed by atoms with E-state index in [0.29, 0.717) is 0 Å². The van der Waals surface area contributed by atoms with E-state index in [-0.39, 0.29) is 0 Å². The zero-order valence-corrected chi connectivity index (χ0v) is 13.4. The van der Waals surface area contributed by atoms with Crippen molar-refractivity contribution in [2.75, 3.05) is 65.9 Å². The number of nitrogens with one attached hydrogen (secondary N) is 1. The standard InChI is InChI=1S/C16H27N3O2/c1-18-10-12-19(13-11-18)9-5-8-17-14-6-4-7-15(20-2)16(14)21-3/h4,6-7,17H,5,8-13H2,1-3H3. The second-order valence-electron chi connectivity index (χ2n) is 5.47. The molecule has 1 aromatic carbocycles. The van der Waals surface area contributed by atoms with Crippen LogP contribution in [-0.4, -0.2) is 70.3 Å². The van der Waals surface area contributed by atoms with Gasteiger partial charge in [0.2, 0.25) is 0 Å². The molecule has 0 amide bonds. The van der Waals surface area contributed by atoms with Crippen LogP contribution in [0.2, 0.25) is 0 Å². The number of likely N-dealkylation sites (N-methyl/N-ethyl adjacent to an activating group) is 1. The topological polar surface area (TPSA) is 37.0 Å². The van der Waals surface area contributed by atoms with Crippen molar-refractivity contribution in [2.45, 2.75) is 6.42 Å². The van der Waals surface area contributed by atoms with Crippen molar-refractivity contribution in [2.24, 2.45) is 0 Å². The summed E-state index contributed by atoms with van der Waals surface area (Å²) in [5.41, 5.74) is 0.996. The number of ether oxygens (including phenoxy) is 2. The molecule has 0 radical (unpaired) electrons. The summed E-state index contributed by atoms with van der Waals surface area (Å²) in [5.74, 6) is 1.54. The quantitative estimate of drug-likeness (QED) is 0.775.